The van der Waals surface area contributed by atoms with Crippen LogP contribution in [0.3, 0.4) is 0 Å². The molecule has 0 bridgehead atoms. The third kappa shape index (κ3) is 5.73. The van der Waals surface area contributed by atoms with Gasteiger partial charge in [0.25, 0.3) is 5.56 Å². The SMILES string of the molecule is CCOc1ccc2[nH]c(=O)c(CN(C[C@@H]3CCCO3)[C@H](c3nnnn3C(C)(C)C)C(C)C)cc2c1. The van der Waals surface area contributed by atoms with Crippen molar-refractivity contribution in [1.82, 2.24) is 30.1 Å². The van der Waals surface area contributed by atoms with Crippen molar-refractivity contribution in [2.24, 2.45) is 5.92 Å². The van der Waals surface area contributed by atoms with Crippen LogP contribution >= 0.6 is 0 Å². The molecule has 1 N–H and O–H groups in total. The van der Waals surface area contributed by atoms with Crippen LogP contribution < -0.4 is 10.3 Å². The zero-order valence-electron chi connectivity index (χ0n) is 21.7. The molecule has 3 aromatic rings. The number of pyridine rings is 1. The van der Waals surface area contributed by atoms with Gasteiger partial charge in [-0.05, 0) is 81.1 Å². The molecule has 0 unspecified atom stereocenters. The Morgan fingerprint density at radius 2 is 2.09 bits per heavy atom. The topological polar surface area (TPSA) is 98.2 Å². The first-order valence-electron chi connectivity index (χ1n) is 12.6. The number of aromatic nitrogens is 5. The Morgan fingerprint density at radius 1 is 1.29 bits per heavy atom. The normalized spacial score (nSPS) is 17.5. The zero-order valence-corrected chi connectivity index (χ0v) is 21.7. The summed E-state index contributed by atoms with van der Waals surface area (Å²) in [7, 11) is 0. The van der Waals surface area contributed by atoms with Gasteiger partial charge in [0.2, 0.25) is 0 Å². The molecule has 1 saturated heterocycles. The van der Waals surface area contributed by atoms with Gasteiger partial charge in [-0.3, -0.25) is 9.69 Å². The van der Waals surface area contributed by atoms with E-state index in [4.69, 9.17) is 9.47 Å². The summed E-state index contributed by atoms with van der Waals surface area (Å²) < 4.78 is 13.6. The highest BCUT2D eigenvalue weighted by Crippen LogP contribution is 2.32. The number of ether oxygens (including phenoxy) is 2. The highest BCUT2D eigenvalue weighted by atomic mass is 16.5. The quantitative estimate of drug-likeness (QED) is 0.491. The molecule has 1 aliphatic rings. The Balaban J connectivity index is 1.75. The van der Waals surface area contributed by atoms with Crippen molar-refractivity contribution in [3.8, 4) is 5.75 Å². The van der Waals surface area contributed by atoms with Crippen molar-refractivity contribution >= 4 is 10.9 Å². The van der Waals surface area contributed by atoms with Crippen LogP contribution in [0.4, 0.5) is 0 Å². The largest absolute Gasteiger partial charge is 0.494 e. The van der Waals surface area contributed by atoms with Gasteiger partial charge in [0.15, 0.2) is 5.82 Å². The molecule has 3 heterocycles. The van der Waals surface area contributed by atoms with Gasteiger partial charge in [-0.1, -0.05) is 13.8 Å². The predicted octanol–water partition coefficient (Wildman–Crippen LogP) is 4.05. The molecule has 190 valence electrons. The molecule has 0 radical (unpaired) electrons. The number of aromatic amines is 1. The molecule has 1 aliphatic heterocycles. The number of hydrogen-bond acceptors (Lipinski definition) is 7. The molecule has 0 spiro atoms. The van der Waals surface area contributed by atoms with E-state index in [2.05, 4.69) is 60.0 Å². The van der Waals surface area contributed by atoms with Crippen molar-refractivity contribution in [3.63, 3.8) is 0 Å². The Bertz CT molecular complexity index is 1190. The Kier molecular flexibility index (Phi) is 7.56. The van der Waals surface area contributed by atoms with Gasteiger partial charge in [0, 0.05) is 36.2 Å². The average molecular weight is 483 g/mol. The van der Waals surface area contributed by atoms with Crippen molar-refractivity contribution in [2.45, 2.75) is 78.6 Å². The first-order chi connectivity index (χ1) is 16.7. The van der Waals surface area contributed by atoms with Gasteiger partial charge in [0.05, 0.1) is 24.3 Å². The van der Waals surface area contributed by atoms with Crippen LogP contribution in [0.5, 0.6) is 5.75 Å². The first kappa shape index (κ1) is 25.3. The molecule has 0 aliphatic carbocycles. The monoisotopic (exact) mass is 482 g/mol. The highest BCUT2D eigenvalue weighted by Gasteiger charge is 2.34. The second-order valence-electron chi connectivity index (χ2n) is 10.7. The molecule has 9 nitrogen and oxygen atoms in total. The second-order valence-corrected chi connectivity index (χ2v) is 10.7. The number of hydrogen-bond donors (Lipinski definition) is 1. The summed E-state index contributed by atoms with van der Waals surface area (Å²) in [4.78, 5) is 18.5. The van der Waals surface area contributed by atoms with Crippen LogP contribution in [0.25, 0.3) is 10.9 Å². The van der Waals surface area contributed by atoms with Crippen molar-refractivity contribution in [1.29, 1.82) is 0 Å². The zero-order chi connectivity index (χ0) is 25.2. The minimum atomic E-state index is -0.266. The van der Waals surface area contributed by atoms with Gasteiger partial charge in [-0.25, -0.2) is 4.68 Å². The van der Waals surface area contributed by atoms with Gasteiger partial charge < -0.3 is 14.5 Å². The van der Waals surface area contributed by atoms with Crippen LogP contribution in [0, 0.1) is 5.92 Å². The molecular weight excluding hydrogens is 444 g/mol. The Labute approximate surface area is 206 Å². The summed E-state index contributed by atoms with van der Waals surface area (Å²) in [6.07, 6.45) is 2.19. The summed E-state index contributed by atoms with van der Waals surface area (Å²) >= 11 is 0. The predicted molar refractivity (Wildman–Crippen MR) is 136 cm³/mol. The molecular formula is C26H38N6O3. The minimum absolute atomic E-state index is 0.0849. The maximum Gasteiger partial charge on any atom is 0.252 e. The van der Waals surface area contributed by atoms with E-state index < -0.39 is 0 Å². The lowest BCUT2D eigenvalue weighted by molar-refractivity contribution is 0.0371. The molecule has 4 rings (SSSR count). The van der Waals surface area contributed by atoms with Crippen LogP contribution in [-0.2, 0) is 16.8 Å². The number of nitrogens with one attached hydrogen (secondary N) is 1. The van der Waals surface area contributed by atoms with E-state index in [1.807, 2.05) is 35.9 Å². The summed E-state index contributed by atoms with van der Waals surface area (Å²) in [6, 6.07) is 7.64. The van der Waals surface area contributed by atoms with Crippen LogP contribution in [0.1, 0.15) is 71.8 Å². The summed E-state index contributed by atoms with van der Waals surface area (Å²) in [6.45, 7) is 15.1. The number of rotatable bonds is 9. The van der Waals surface area contributed by atoms with E-state index in [0.717, 1.165) is 41.9 Å². The molecule has 9 heteroatoms. The number of benzene rings is 1. The molecule has 2 aromatic heterocycles. The third-order valence-electron chi connectivity index (χ3n) is 6.46. The molecule has 1 fully saturated rings. The van der Waals surface area contributed by atoms with E-state index in [-0.39, 0.29) is 29.2 Å². The van der Waals surface area contributed by atoms with Crippen molar-refractivity contribution in [3.05, 3.63) is 46.0 Å². The van der Waals surface area contributed by atoms with Crippen LogP contribution in [0.2, 0.25) is 0 Å². The lowest BCUT2D eigenvalue weighted by Crippen LogP contribution is -2.41. The van der Waals surface area contributed by atoms with Crippen molar-refractivity contribution < 1.29 is 9.47 Å². The van der Waals surface area contributed by atoms with Crippen LogP contribution in [0.15, 0.2) is 29.1 Å². The Hall–Kier alpha value is -2.78. The maximum atomic E-state index is 13.1. The first-order valence-corrected chi connectivity index (χ1v) is 12.6. The van der Waals surface area contributed by atoms with Gasteiger partial charge in [-0.2, -0.15) is 0 Å². The molecule has 35 heavy (non-hydrogen) atoms. The summed E-state index contributed by atoms with van der Waals surface area (Å²) in [5.41, 5.74) is 1.14. The lowest BCUT2D eigenvalue weighted by Gasteiger charge is -2.36. The third-order valence-corrected chi connectivity index (χ3v) is 6.46. The summed E-state index contributed by atoms with van der Waals surface area (Å²) in [5, 5.41) is 13.7. The number of H-pyrrole nitrogens is 1. The summed E-state index contributed by atoms with van der Waals surface area (Å²) in [5.74, 6) is 1.81. The molecule has 2 atom stereocenters. The van der Waals surface area contributed by atoms with E-state index >= 15 is 0 Å². The fourth-order valence-corrected chi connectivity index (χ4v) is 4.89. The van der Waals surface area contributed by atoms with E-state index in [0.29, 0.717) is 25.3 Å². The van der Waals surface area contributed by atoms with Crippen molar-refractivity contribution in [2.75, 3.05) is 19.8 Å². The van der Waals surface area contributed by atoms with Gasteiger partial charge >= 0.3 is 0 Å². The van der Waals surface area contributed by atoms with E-state index in [9.17, 15) is 4.79 Å². The number of nitrogens with zero attached hydrogens (tertiary/aromatic N) is 5. The van der Waals surface area contributed by atoms with Gasteiger partial charge in [-0.15, -0.1) is 5.10 Å². The average Bonchev–Trinajstić information content (AvgIpc) is 3.47. The molecule has 0 amide bonds. The highest BCUT2D eigenvalue weighted by molar-refractivity contribution is 5.80. The van der Waals surface area contributed by atoms with Gasteiger partial charge in [0.1, 0.15) is 5.75 Å². The minimum Gasteiger partial charge on any atom is -0.494 e. The van der Waals surface area contributed by atoms with Crippen LogP contribution in [-0.4, -0.2) is 56.0 Å². The standard InChI is InChI=1S/C26H38N6O3/c1-7-34-20-10-11-22-18(14-20)13-19(25(33)27-22)15-31(16-21-9-8-12-35-21)23(17(2)3)24-28-29-30-32(24)26(4,5)6/h10-11,13-14,17,21,23H,7-9,12,15-16H2,1-6H3,(H,27,33)/t21-,23-/m0/s1. The maximum absolute atomic E-state index is 13.1. The smallest absolute Gasteiger partial charge is 0.252 e. The lowest BCUT2D eigenvalue weighted by atomic mass is 9.98. The molecule has 1 aromatic carbocycles. The number of tetrazole rings is 1. The number of fused-ring (bicyclic) bond motifs is 1. The Morgan fingerprint density at radius 3 is 2.74 bits per heavy atom. The van der Waals surface area contributed by atoms with E-state index in [1.54, 1.807) is 0 Å². The second kappa shape index (κ2) is 10.5. The molecule has 0 saturated carbocycles. The fraction of sp³-hybridized carbons (Fsp3) is 0.615. The fourth-order valence-electron chi connectivity index (χ4n) is 4.89. The van der Waals surface area contributed by atoms with E-state index in [1.165, 1.54) is 0 Å².